The Kier molecular flexibility index (Phi) is 3.14. The summed E-state index contributed by atoms with van der Waals surface area (Å²) in [6.07, 6.45) is 3.24. The zero-order valence-electron chi connectivity index (χ0n) is 11.6. The number of nitrogens with one attached hydrogen (secondary N) is 1. The molecule has 1 aromatic carbocycles. The Bertz CT molecular complexity index is 946. The number of aromatic carboxylic acids is 1. The van der Waals surface area contributed by atoms with Crippen LogP contribution in [0, 0.1) is 6.92 Å². The topological polar surface area (TPSA) is 103 Å². The standard InChI is InChI=1S/C16H12N2O4/c1-8-13(16(21)22)18-14-11(15(8)20)5-10(6-12(14)19)9-3-2-4-17-7-9/h2-7,19H,1H3,(H,18,20)(H,21,22). The SMILES string of the molecule is Cc1c(C(=O)O)[nH]c2c(O)cc(-c3cccnc3)cc2c1=O. The van der Waals surface area contributed by atoms with Crippen LogP contribution in [0.5, 0.6) is 5.75 Å². The number of hydrogen-bond donors (Lipinski definition) is 3. The molecule has 0 saturated carbocycles. The Morgan fingerprint density at radius 3 is 2.68 bits per heavy atom. The van der Waals surface area contributed by atoms with Crippen molar-refractivity contribution in [3.63, 3.8) is 0 Å². The second-order valence-electron chi connectivity index (χ2n) is 4.92. The van der Waals surface area contributed by atoms with Gasteiger partial charge in [0.1, 0.15) is 11.4 Å². The van der Waals surface area contributed by atoms with Gasteiger partial charge < -0.3 is 15.2 Å². The largest absolute Gasteiger partial charge is 0.506 e. The van der Waals surface area contributed by atoms with E-state index in [0.29, 0.717) is 5.56 Å². The summed E-state index contributed by atoms with van der Waals surface area (Å²) in [5.74, 6) is -1.43. The van der Waals surface area contributed by atoms with Gasteiger partial charge in [-0.1, -0.05) is 6.07 Å². The highest BCUT2D eigenvalue weighted by molar-refractivity contribution is 5.95. The minimum Gasteiger partial charge on any atom is -0.506 e. The third-order valence-electron chi connectivity index (χ3n) is 3.54. The Morgan fingerprint density at radius 2 is 2.05 bits per heavy atom. The van der Waals surface area contributed by atoms with Crippen LogP contribution >= 0.6 is 0 Å². The van der Waals surface area contributed by atoms with Gasteiger partial charge in [-0.3, -0.25) is 9.78 Å². The second kappa shape index (κ2) is 5.00. The number of carboxylic acids is 1. The Morgan fingerprint density at radius 1 is 1.27 bits per heavy atom. The van der Waals surface area contributed by atoms with E-state index in [2.05, 4.69) is 9.97 Å². The number of aromatic hydroxyl groups is 1. The average molecular weight is 296 g/mol. The zero-order chi connectivity index (χ0) is 15.9. The number of rotatable bonds is 2. The van der Waals surface area contributed by atoms with Crippen LogP contribution in [0.4, 0.5) is 0 Å². The van der Waals surface area contributed by atoms with Crippen molar-refractivity contribution in [3.05, 3.63) is 58.1 Å². The number of carboxylic acid groups (broad SMARTS) is 1. The lowest BCUT2D eigenvalue weighted by molar-refractivity contribution is 0.0690. The first-order valence-corrected chi connectivity index (χ1v) is 6.52. The van der Waals surface area contributed by atoms with Crippen LogP contribution in [-0.4, -0.2) is 26.2 Å². The van der Waals surface area contributed by atoms with E-state index in [-0.39, 0.29) is 27.9 Å². The minimum atomic E-state index is -1.24. The fraction of sp³-hybridized carbons (Fsp3) is 0.0625. The van der Waals surface area contributed by atoms with Gasteiger partial charge >= 0.3 is 5.97 Å². The summed E-state index contributed by atoms with van der Waals surface area (Å²) in [5, 5.41) is 19.5. The van der Waals surface area contributed by atoms with Crippen molar-refractivity contribution in [2.75, 3.05) is 0 Å². The van der Waals surface area contributed by atoms with Crippen molar-refractivity contribution >= 4 is 16.9 Å². The number of hydrogen-bond acceptors (Lipinski definition) is 4. The summed E-state index contributed by atoms with van der Waals surface area (Å²) in [6, 6.07) is 6.64. The molecule has 0 spiro atoms. The Balaban J connectivity index is 2.37. The summed E-state index contributed by atoms with van der Waals surface area (Å²) in [6.45, 7) is 1.44. The van der Waals surface area contributed by atoms with Crippen molar-refractivity contribution in [2.24, 2.45) is 0 Å². The molecule has 6 nitrogen and oxygen atoms in total. The zero-order valence-corrected chi connectivity index (χ0v) is 11.6. The van der Waals surface area contributed by atoms with Crippen LogP contribution < -0.4 is 5.43 Å². The first-order valence-electron chi connectivity index (χ1n) is 6.52. The molecule has 0 unspecified atom stereocenters. The molecule has 3 aromatic rings. The van der Waals surface area contributed by atoms with Crippen LogP contribution in [-0.2, 0) is 0 Å². The maximum Gasteiger partial charge on any atom is 0.352 e. The fourth-order valence-corrected chi connectivity index (χ4v) is 2.39. The molecule has 0 atom stereocenters. The van der Waals surface area contributed by atoms with Crippen LogP contribution in [0.1, 0.15) is 16.1 Å². The molecule has 0 radical (unpaired) electrons. The lowest BCUT2D eigenvalue weighted by Gasteiger charge is -2.09. The molecule has 3 N–H and O–H groups in total. The summed E-state index contributed by atoms with van der Waals surface area (Å²) in [4.78, 5) is 30.2. The molecule has 6 heteroatoms. The number of aromatic nitrogens is 2. The van der Waals surface area contributed by atoms with Gasteiger partial charge in [0.25, 0.3) is 0 Å². The van der Waals surface area contributed by atoms with Crippen LogP contribution in [0.3, 0.4) is 0 Å². The molecule has 22 heavy (non-hydrogen) atoms. The molecular weight excluding hydrogens is 284 g/mol. The molecule has 0 amide bonds. The molecule has 0 saturated heterocycles. The average Bonchev–Trinajstić information content (AvgIpc) is 2.51. The number of pyridine rings is 2. The van der Waals surface area contributed by atoms with Gasteiger partial charge in [-0.25, -0.2) is 4.79 Å². The molecule has 0 fully saturated rings. The highest BCUT2D eigenvalue weighted by Crippen LogP contribution is 2.29. The molecule has 0 aliphatic carbocycles. The van der Waals surface area contributed by atoms with Gasteiger partial charge in [0, 0.05) is 23.5 Å². The third-order valence-corrected chi connectivity index (χ3v) is 3.54. The van der Waals surface area contributed by atoms with E-state index >= 15 is 0 Å². The van der Waals surface area contributed by atoms with Crippen LogP contribution in [0.15, 0.2) is 41.5 Å². The predicted octanol–water partition coefficient (Wildman–Crippen LogP) is 2.30. The van der Waals surface area contributed by atoms with E-state index in [4.69, 9.17) is 5.11 Å². The number of carbonyl (C=O) groups is 1. The van der Waals surface area contributed by atoms with E-state index in [9.17, 15) is 14.7 Å². The number of aromatic amines is 1. The minimum absolute atomic E-state index is 0.0998. The molecule has 0 bridgehead atoms. The van der Waals surface area contributed by atoms with Crippen molar-refractivity contribution in [3.8, 4) is 16.9 Å². The molecule has 3 rings (SSSR count). The van der Waals surface area contributed by atoms with Crippen molar-refractivity contribution < 1.29 is 15.0 Å². The van der Waals surface area contributed by atoms with Crippen molar-refractivity contribution in [2.45, 2.75) is 6.92 Å². The first-order chi connectivity index (χ1) is 10.5. The Labute approximate surface area is 124 Å². The third kappa shape index (κ3) is 2.10. The molecule has 0 aliphatic rings. The summed E-state index contributed by atoms with van der Waals surface area (Å²) in [7, 11) is 0. The van der Waals surface area contributed by atoms with Gasteiger partial charge in [-0.15, -0.1) is 0 Å². The van der Waals surface area contributed by atoms with Gasteiger partial charge in [-0.05, 0) is 30.7 Å². The highest BCUT2D eigenvalue weighted by atomic mass is 16.4. The van der Waals surface area contributed by atoms with Gasteiger partial charge in [0.2, 0.25) is 0 Å². The monoisotopic (exact) mass is 296 g/mol. The lowest BCUT2D eigenvalue weighted by atomic mass is 10.0. The maximum atomic E-state index is 12.4. The van der Waals surface area contributed by atoms with Crippen LogP contribution in [0.2, 0.25) is 0 Å². The van der Waals surface area contributed by atoms with Gasteiger partial charge in [0.15, 0.2) is 5.43 Å². The van der Waals surface area contributed by atoms with Crippen LogP contribution in [0.25, 0.3) is 22.0 Å². The lowest BCUT2D eigenvalue weighted by Crippen LogP contribution is -2.15. The predicted molar refractivity (Wildman–Crippen MR) is 81.2 cm³/mol. The highest BCUT2D eigenvalue weighted by Gasteiger charge is 2.16. The number of nitrogens with zero attached hydrogens (tertiary/aromatic N) is 1. The fourth-order valence-electron chi connectivity index (χ4n) is 2.39. The van der Waals surface area contributed by atoms with Gasteiger partial charge in [-0.2, -0.15) is 0 Å². The quantitative estimate of drug-likeness (QED) is 0.673. The van der Waals surface area contributed by atoms with E-state index in [0.717, 1.165) is 5.56 Å². The van der Waals surface area contributed by atoms with Crippen molar-refractivity contribution in [1.82, 2.24) is 9.97 Å². The van der Waals surface area contributed by atoms with E-state index < -0.39 is 11.4 Å². The number of fused-ring (bicyclic) bond motifs is 1. The van der Waals surface area contributed by atoms with Crippen molar-refractivity contribution in [1.29, 1.82) is 0 Å². The molecule has 110 valence electrons. The maximum absolute atomic E-state index is 12.4. The molecule has 2 aromatic heterocycles. The first kappa shape index (κ1) is 13.8. The number of H-pyrrole nitrogens is 1. The summed E-state index contributed by atoms with van der Waals surface area (Å²) in [5.41, 5.74) is 0.947. The van der Waals surface area contributed by atoms with E-state index in [1.54, 1.807) is 30.6 Å². The van der Waals surface area contributed by atoms with E-state index in [1.165, 1.54) is 13.0 Å². The summed E-state index contributed by atoms with van der Waals surface area (Å²) < 4.78 is 0. The number of phenolic OH excluding ortho intramolecular Hbond substituents is 1. The summed E-state index contributed by atoms with van der Waals surface area (Å²) >= 11 is 0. The van der Waals surface area contributed by atoms with Gasteiger partial charge in [0.05, 0.1) is 10.9 Å². The van der Waals surface area contributed by atoms with E-state index in [1.807, 2.05) is 0 Å². The second-order valence-corrected chi connectivity index (χ2v) is 4.92. The number of phenols is 1. The molecule has 0 aliphatic heterocycles. The smallest absolute Gasteiger partial charge is 0.352 e. The number of benzene rings is 1. The molecular formula is C16H12N2O4. The molecule has 2 heterocycles. The normalized spacial score (nSPS) is 10.8. The Hall–Kier alpha value is -3.15.